The summed E-state index contributed by atoms with van der Waals surface area (Å²) in [4.78, 5) is 19.6. The number of H-pyrrole nitrogens is 1. The Balaban J connectivity index is 1.26. The molecule has 198 valence electrons. The number of aromatic amines is 1. The molecule has 1 saturated carbocycles. The lowest BCUT2D eigenvalue weighted by atomic mass is 9.77. The third-order valence-corrected chi connectivity index (χ3v) is 7.31. The molecule has 1 aliphatic carbocycles. The summed E-state index contributed by atoms with van der Waals surface area (Å²) in [5.41, 5.74) is 5.92. The summed E-state index contributed by atoms with van der Waals surface area (Å²) in [5.74, 6) is 0.783. The predicted octanol–water partition coefficient (Wildman–Crippen LogP) is 5.19. The number of amides is 1. The van der Waals surface area contributed by atoms with Crippen LogP contribution >= 0.6 is 11.6 Å². The van der Waals surface area contributed by atoms with Gasteiger partial charge in [0.15, 0.2) is 0 Å². The van der Waals surface area contributed by atoms with E-state index in [9.17, 15) is 10.0 Å². The third-order valence-electron chi connectivity index (χ3n) is 7.08. The van der Waals surface area contributed by atoms with Crippen LogP contribution in [0.1, 0.15) is 36.6 Å². The average molecular weight is 545 g/mol. The molecule has 0 bridgehead atoms. The maximum Gasteiger partial charge on any atom is 0.411 e. The SMILES string of the molecule is COC(=O)Nc1ccc(-c2cnc(C3CCCC4=CC(c5cc(Cl)ccc5-n5cnnn5)=CN(O)C43)[nH]2)cc1. The van der Waals surface area contributed by atoms with Gasteiger partial charge in [0, 0.05) is 34.0 Å². The van der Waals surface area contributed by atoms with Gasteiger partial charge >= 0.3 is 6.09 Å². The minimum absolute atomic E-state index is 0.0276. The maximum atomic E-state index is 11.4. The van der Waals surface area contributed by atoms with E-state index in [1.165, 1.54) is 18.5 Å². The number of hydrogen-bond donors (Lipinski definition) is 3. The number of anilines is 1. The summed E-state index contributed by atoms with van der Waals surface area (Å²) in [6, 6.07) is 12.6. The van der Waals surface area contributed by atoms with Crippen LogP contribution in [0.15, 0.2) is 72.8 Å². The van der Waals surface area contributed by atoms with Crippen LogP contribution in [0.5, 0.6) is 0 Å². The number of nitrogens with zero attached hydrogens (tertiary/aromatic N) is 6. The number of nitrogens with one attached hydrogen (secondary N) is 2. The zero-order valence-electron chi connectivity index (χ0n) is 21.0. The number of fused-ring (bicyclic) bond motifs is 1. The Bertz CT molecular complexity index is 1560. The molecule has 39 heavy (non-hydrogen) atoms. The van der Waals surface area contributed by atoms with Gasteiger partial charge in [-0.15, -0.1) is 5.10 Å². The number of halogens is 1. The van der Waals surface area contributed by atoms with Crippen molar-refractivity contribution < 1.29 is 14.7 Å². The Kier molecular flexibility index (Phi) is 6.59. The van der Waals surface area contributed by atoms with Gasteiger partial charge in [-0.3, -0.25) is 15.6 Å². The number of allylic oxidation sites excluding steroid dienone is 2. The number of ether oxygens (including phenoxy) is 1. The number of carbonyl (C=O) groups is 1. The van der Waals surface area contributed by atoms with Crippen LogP contribution in [0, 0.1) is 0 Å². The van der Waals surface area contributed by atoms with Crippen molar-refractivity contribution in [2.75, 3.05) is 12.4 Å². The molecule has 0 saturated heterocycles. The lowest BCUT2D eigenvalue weighted by Crippen LogP contribution is -2.40. The van der Waals surface area contributed by atoms with E-state index in [1.54, 1.807) is 35.3 Å². The standard InChI is InChI=1S/C27H25ClN8O3/c1-39-27(37)31-20-8-5-16(6-9-20)23-13-29-26(32-23)21-4-2-3-17-11-18(14-36(38)25(17)21)22-12-19(28)7-10-24(22)35-15-30-33-34-35/h5-15,21,25,38H,2-4H2,1H3,(H,29,32)(H,31,37). The van der Waals surface area contributed by atoms with Gasteiger partial charge < -0.3 is 9.72 Å². The van der Waals surface area contributed by atoms with E-state index in [0.29, 0.717) is 10.7 Å². The van der Waals surface area contributed by atoms with Gasteiger partial charge in [-0.1, -0.05) is 29.8 Å². The summed E-state index contributed by atoms with van der Waals surface area (Å²) < 4.78 is 6.21. The molecule has 2 aromatic heterocycles. The van der Waals surface area contributed by atoms with Crippen molar-refractivity contribution in [2.24, 2.45) is 0 Å². The van der Waals surface area contributed by atoms with E-state index in [0.717, 1.165) is 58.7 Å². The molecular formula is C27H25ClN8O3. The van der Waals surface area contributed by atoms with Gasteiger partial charge in [0.05, 0.1) is 30.7 Å². The van der Waals surface area contributed by atoms with Gasteiger partial charge in [0.25, 0.3) is 0 Å². The van der Waals surface area contributed by atoms with Crippen molar-refractivity contribution in [1.29, 1.82) is 0 Å². The summed E-state index contributed by atoms with van der Waals surface area (Å²) in [7, 11) is 1.32. The highest BCUT2D eigenvalue weighted by Crippen LogP contribution is 2.43. The molecule has 3 heterocycles. The number of methoxy groups -OCH3 is 1. The fourth-order valence-corrected chi connectivity index (χ4v) is 5.45. The Morgan fingerprint density at radius 2 is 2.08 bits per heavy atom. The van der Waals surface area contributed by atoms with Crippen LogP contribution in [0.25, 0.3) is 22.5 Å². The molecule has 0 spiro atoms. The molecule has 1 amide bonds. The summed E-state index contributed by atoms with van der Waals surface area (Å²) >= 11 is 6.34. The predicted molar refractivity (Wildman–Crippen MR) is 144 cm³/mol. The van der Waals surface area contributed by atoms with Gasteiger partial charge in [-0.25, -0.2) is 9.78 Å². The van der Waals surface area contributed by atoms with E-state index >= 15 is 0 Å². The van der Waals surface area contributed by atoms with E-state index in [-0.39, 0.29) is 12.0 Å². The second-order valence-electron chi connectivity index (χ2n) is 9.42. The molecule has 12 heteroatoms. The summed E-state index contributed by atoms with van der Waals surface area (Å²) in [6.07, 6.45) is 9.36. The Morgan fingerprint density at radius 3 is 2.85 bits per heavy atom. The normalized spacial score (nSPS) is 18.7. The first kappa shape index (κ1) is 24.8. The van der Waals surface area contributed by atoms with Crippen LogP contribution < -0.4 is 5.32 Å². The zero-order valence-corrected chi connectivity index (χ0v) is 21.7. The topological polar surface area (TPSA) is 134 Å². The number of imidazole rings is 1. The van der Waals surface area contributed by atoms with Gasteiger partial charge in [-0.05, 0) is 71.2 Å². The molecular weight excluding hydrogens is 520 g/mol. The highest BCUT2D eigenvalue weighted by molar-refractivity contribution is 6.30. The van der Waals surface area contributed by atoms with Crippen LogP contribution in [-0.4, -0.2) is 59.7 Å². The Labute approximate surface area is 228 Å². The van der Waals surface area contributed by atoms with Crippen molar-refractivity contribution in [1.82, 2.24) is 35.2 Å². The molecule has 2 aliphatic rings. The number of hydroxylamine groups is 2. The van der Waals surface area contributed by atoms with Crippen LogP contribution in [0.2, 0.25) is 5.02 Å². The molecule has 4 aromatic rings. The zero-order chi connectivity index (χ0) is 26.9. The van der Waals surface area contributed by atoms with Crippen LogP contribution in [-0.2, 0) is 4.74 Å². The highest BCUT2D eigenvalue weighted by Gasteiger charge is 2.37. The first-order chi connectivity index (χ1) is 19.0. The first-order valence-electron chi connectivity index (χ1n) is 12.4. The molecule has 1 fully saturated rings. The molecule has 6 rings (SSSR count). The Hall–Kier alpha value is -4.48. The van der Waals surface area contributed by atoms with Crippen LogP contribution in [0.3, 0.4) is 0 Å². The molecule has 11 nitrogen and oxygen atoms in total. The minimum atomic E-state index is -0.520. The highest BCUT2D eigenvalue weighted by atomic mass is 35.5. The smallest absolute Gasteiger partial charge is 0.411 e. The second kappa shape index (κ2) is 10.4. The minimum Gasteiger partial charge on any atom is -0.453 e. The maximum absolute atomic E-state index is 11.4. The quantitative estimate of drug-likeness (QED) is 0.312. The van der Waals surface area contributed by atoms with E-state index < -0.39 is 6.09 Å². The van der Waals surface area contributed by atoms with Crippen LogP contribution in [0.4, 0.5) is 10.5 Å². The van der Waals surface area contributed by atoms with E-state index in [2.05, 4.69) is 41.6 Å². The molecule has 1 aliphatic heterocycles. The monoisotopic (exact) mass is 544 g/mol. The van der Waals surface area contributed by atoms with Gasteiger partial charge in [-0.2, -0.15) is 4.68 Å². The van der Waals surface area contributed by atoms with Gasteiger partial charge in [0.2, 0.25) is 0 Å². The van der Waals surface area contributed by atoms with Gasteiger partial charge in [0.1, 0.15) is 12.2 Å². The molecule has 2 atom stereocenters. The van der Waals surface area contributed by atoms with Crippen molar-refractivity contribution >= 4 is 29.0 Å². The summed E-state index contributed by atoms with van der Waals surface area (Å²) in [5, 5.41) is 27.3. The lowest BCUT2D eigenvalue weighted by molar-refractivity contribution is -0.0811. The fraction of sp³-hybridized carbons (Fsp3) is 0.222. The second-order valence-corrected chi connectivity index (χ2v) is 9.86. The number of benzene rings is 2. The average Bonchev–Trinajstić information content (AvgIpc) is 3.66. The van der Waals surface area contributed by atoms with E-state index in [4.69, 9.17) is 11.6 Å². The molecule has 2 aromatic carbocycles. The molecule has 3 N–H and O–H groups in total. The molecule has 2 unspecified atom stereocenters. The Morgan fingerprint density at radius 1 is 1.23 bits per heavy atom. The number of rotatable bonds is 5. The summed E-state index contributed by atoms with van der Waals surface area (Å²) in [6.45, 7) is 0. The number of hydrogen-bond acceptors (Lipinski definition) is 8. The third kappa shape index (κ3) is 4.89. The van der Waals surface area contributed by atoms with Crippen molar-refractivity contribution in [3.63, 3.8) is 0 Å². The molecule has 0 radical (unpaired) electrons. The number of tetrazole rings is 1. The van der Waals surface area contributed by atoms with Crippen molar-refractivity contribution in [3.05, 3.63) is 89.2 Å². The largest absolute Gasteiger partial charge is 0.453 e. The van der Waals surface area contributed by atoms with E-state index in [1.807, 2.05) is 24.3 Å². The first-order valence-corrected chi connectivity index (χ1v) is 12.8. The van der Waals surface area contributed by atoms with Crippen molar-refractivity contribution in [3.8, 4) is 16.9 Å². The fourth-order valence-electron chi connectivity index (χ4n) is 5.28. The van der Waals surface area contributed by atoms with Crippen molar-refractivity contribution in [2.45, 2.75) is 31.2 Å². The number of carbonyl (C=O) groups excluding carboxylic acids is 1. The lowest BCUT2D eigenvalue weighted by Gasteiger charge is -2.39. The number of aromatic nitrogens is 6.